The highest BCUT2D eigenvalue weighted by atomic mass is 16.7. The van der Waals surface area contributed by atoms with Gasteiger partial charge in [0.15, 0.2) is 6.29 Å². The summed E-state index contributed by atoms with van der Waals surface area (Å²) in [5, 5.41) is 2.98. The molecule has 0 aromatic carbocycles. The molecule has 1 aromatic rings. The summed E-state index contributed by atoms with van der Waals surface area (Å²) in [7, 11) is 3.11. The Morgan fingerprint density at radius 2 is 2.19 bits per heavy atom. The zero-order chi connectivity index (χ0) is 12.0. The zero-order valence-corrected chi connectivity index (χ0v) is 9.74. The standard InChI is InChI=1S/C10H17N3O3/c1-4-7-12-8(5-9(14)13-7)11-6-10(15-2)16-3/h5,10H,4,6H2,1-3H3,(H2,11,12,13,14). The van der Waals surface area contributed by atoms with Crippen LogP contribution in [0, 0.1) is 0 Å². The van der Waals surface area contributed by atoms with E-state index in [2.05, 4.69) is 15.3 Å². The van der Waals surface area contributed by atoms with Crippen molar-refractivity contribution >= 4 is 5.82 Å². The lowest BCUT2D eigenvalue weighted by molar-refractivity contribution is -0.0914. The first kappa shape index (κ1) is 12.7. The molecule has 16 heavy (non-hydrogen) atoms. The van der Waals surface area contributed by atoms with Gasteiger partial charge in [-0.25, -0.2) is 4.98 Å². The first-order valence-electron chi connectivity index (χ1n) is 5.09. The minimum atomic E-state index is -0.355. The summed E-state index contributed by atoms with van der Waals surface area (Å²) in [6, 6.07) is 1.40. The van der Waals surface area contributed by atoms with E-state index in [1.807, 2.05) is 6.92 Å². The quantitative estimate of drug-likeness (QED) is 0.686. The van der Waals surface area contributed by atoms with E-state index in [4.69, 9.17) is 9.47 Å². The zero-order valence-electron chi connectivity index (χ0n) is 9.74. The van der Waals surface area contributed by atoms with Crippen LogP contribution in [-0.4, -0.2) is 37.0 Å². The van der Waals surface area contributed by atoms with E-state index in [0.29, 0.717) is 24.6 Å². The average Bonchev–Trinajstić information content (AvgIpc) is 2.29. The van der Waals surface area contributed by atoms with E-state index in [1.54, 1.807) is 14.2 Å². The van der Waals surface area contributed by atoms with Gasteiger partial charge in [0.25, 0.3) is 5.56 Å². The molecule has 6 nitrogen and oxygen atoms in total. The predicted molar refractivity (Wildman–Crippen MR) is 60.5 cm³/mol. The van der Waals surface area contributed by atoms with Crippen LogP contribution in [0.2, 0.25) is 0 Å². The van der Waals surface area contributed by atoms with E-state index < -0.39 is 0 Å². The van der Waals surface area contributed by atoms with Crippen molar-refractivity contribution in [2.24, 2.45) is 0 Å². The molecule has 0 saturated carbocycles. The van der Waals surface area contributed by atoms with Gasteiger partial charge in [-0.05, 0) is 0 Å². The van der Waals surface area contributed by atoms with Crippen molar-refractivity contribution < 1.29 is 9.47 Å². The summed E-state index contributed by atoms with van der Waals surface area (Å²) in [5.74, 6) is 1.18. The molecule has 1 rings (SSSR count). The van der Waals surface area contributed by atoms with Crippen LogP contribution in [0.1, 0.15) is 12.7 Å². The van der Waals surface area contributed by atoms with Crippen LogP contribution in [0.3, 0.4) is 0 Å². The highest BCUT2D eigenvalue weighted by Crippen LogP contribution is 2.00. The van der Waals surface area contributed by atoms with Crippen molar-refractivity contribution in [2.75, 3.05) is 26.1 Å². The minimum absolute atomic E-state index is 0.166. The third kappa shape index (κ3) is 3.63. The number of rotatable bonds is 6. The van der Waals surface area contributed by atoms with E-state index in [-0.39, 0.29) is 11.8 Å². The fraction of sp³-hybridized carbons (Fsp3) is 0.600. The average molecular weight is 227 g/mol. The highest BCUT2D eigenvalue weighted by molar-refractivity contribution is 5.32. The van der Waals surface area contributed by atoms with Crippen LogP contribution in [0.4, 0.5) is 5.82 Å². The fourth-order valence-corrected chi connectivity index (χ4v) is 1.22. The van der Waals surface area contributed by atoms with Crippen LogP contribution in [0.15, 0.2) is 10.9 Å². The lowest BCUT2D eigenvalue weighted by atomic mass is 10.4. The molecule has 0 atom stereocenters. The summed E-state index contributed by atoms with van der Waals surface area (Å²) in [6.07, 6.45) is 0.328. The maximum atomic E-state index is 11.3. The number of aromatic amines is 1. The molecule has 0 aliphatic rings. The molecule has 6 heteroatoms. The summed E-state index contributed by atoms with van der Waals surface area (Å²) in [5.41, 5.74) is -0.166. The van der Waals surface area contributed by atoms with Crippen molar-refractivity contribution in [3.05, 3.63) is 22.2 Å². The number of ether oxygens (including phenoxy) is 2. The lowest BCUT2D eigenvalue weighted by Crippen LogP contribution is -2.25. The van der Waals surface area contributed by atoms with E-state index >= 15 is 0 Å². The third-order valence-corrected chi connectivity index (χ3v) is 2.10. The van der Waals surface area contributed by atoms with Gasteiger partial charge in [-0.2, -0.15) is 0 Å². The van der Waals surface area contributed by atoms with Crippen molar-refractivity contribution in [1.29, 1.82) is 0 Å². The normalized spacial score (nSPS) is 10.8. The van der Waals surface area contributed by atoms with E-state index in [1.165, 1.54) is 6.07 Å². The molecule has 1 heterocycles. The Balaban J connectivity index is 2.66. The molecule has 0 aliphatic heterocycles. The number of methoxy groups -OCH3 is 2. The molecule has 0 bridgehead atoms. The first-order chi connectivity index (χ1) is 7.69. The van der Waals surface area contributed by atoms with Crippen molar-refractivity contribution in [3.8, 4) is 0 Å². The number of nitrogens with one attached hydrogen (secondary N) is 2. The van der Waals surface area contributed by atoms with Crippen molar-refractivity contribution in [3.63, 3.8) is 0 Å². The molecule has 0 radical (unpaired) electrons. The first-order valence-corrected chi connectivity index (χ1v) is 5.09. The maximum Gasteiger partial charge on any atom is 0.252 e. The van der Waals surface area contributed by atoms with Gasteiger partial charge in [0.05, 0.1) is 6.54 Å². The summed E-state index contributed by atoms with van der Waals surface area (Å²) >= 11 is 0. The van der Waals surface area contributed by atoms with Crippen LogP contribution in [-0.2, 0) is 15.9 Å². The van der Waals surface area contributed by atoms with Gasteiger partial charge >= 0.3 is 0 Å². The molecular weight excluding hydrogens is 210 g/mol. The second-order valence-electron chi connectivity index (χ2n) is 3.21. The number of nitrogens with zero attached hydrogens (tertiary/aromatic N) is 1. The Morgan fingerprint density at radius 1 is 1.50 bits per heavy atom. The number of H-pyrrole nitrogens is 1. The van der Waals surface area contributed by atoms with Crippen molar-refractivity contribution in [1.82, 2.24) is 9.97 Å². The largest absolute Gasteiger partial charge is 0.365 e. The topological polar surface area (TPSA) is 76.2 Å². The van der Waals surface area contributed by atoms with Crippen LogP contribution >= 0.6 is 0 Å². The molecule has 2 N–H and O–H groups in total. The molecule has 0 amide bonds. The summed E-state index contributed by atoms with van der Waals surface area (Å²) in [4.78, 5) is 18.1. The minimum Gasteiger partial charge on any atom is -0.365 e. The summed E-state index contributed by atoms with van der Waals surface area (Å²) < 4.78 is 10.0. The monoisotopic (exact) mass is 227 g/mol. The second kappa shape index (κ2) is 6.24. The van der Waals surface area contributed by atoms with Gasteiger partial charge in [0.2, 0.25) is 0 Å². The number of aromatic nitrogens is 2. The number of hydrogen-bond donors (Lipinski definition) is 2. The molecule has 0 fully saturated rings. The Morgan fingerprint density at radius 3 is 2.75 bits per heavy atom. The third-order valence-electron chi connectivity index (χ3n) is 2.10. The van der Waals surface area contributed by atoms with Gasteiger partial charge < -0.3 is 19.8 Å². The Kier molecular flexibility index (Phi) is 4.94. The maximum absolute atomic E-state index is 11.3. The van der Waals surface area contributed by atoms with Crippen LogP contribution < -0.4 is 10.9 Å². The molecule has 0 spiro atoms. The van der Waals surface area contributed by atoms with Gasteiger partial charge in [-0.3, -0.25) is 4.79 Å². The Labute approximate surface area is 94.0 Å². The molecular formula is C10H17N3O3. The van der Waals surface area contributed by atoms with Gasteiger partial charge in [-0.1, -0.05) is 6.92 Å². The summed E-state index contributed by atoms with van der Waals surface area (Å²) in [6.45, 7) is 2.36. The van der Waals surface area contributed by atoms with Crippen molar-refractivity contribution in [2.45, 2.75) is 19.6 Å². The van der Waals surface area contributed by atoms with Gasteiger partial charge in [-0.15, -0.1) is 0 Å². The molecule has 1 aromatic heterocycles. The Hall–Kier alpha value is -1.40. The molecule has 0 unspecified atom stereocenters. The lowest BCUT2D eigenvalue weighted by Gasteiger charge is -2.14. The SMILES string of the molecule is CCc1nc(NCC(OC)OC)cc(=O)[nH]1. The van der Waals surface area contributed by atoms with Crippen LogP contribution in [0.25, 0.3) is 0 Å². The number of aryl methyl sites for hydroxylation is 1. The highest BCUT2D eigenvalue weighted by Gasteiger charge is 2.05. The second-order valence-corrected chi connectivity index (χ2v) is 3.21. The molecule has 90 valence electrons. The smallest absolute Gasteiger partial charge is 0.252 e. The molecule has 0 saturated heterocycles. The number of hydrogen-bond acceptors (Lipinski definition) is 5. The van der Waals surface area contributed by atoms with E-state index in [9.17, 15) is 4.79 Å². The van der Waals surface area contributed by atoms with E-state index in [0.717, 1.165) is 0 Å². The predicted octanol–water partition coefficient (Wildman–Crippen LogP) is 0.363. The Bertz CT molecular complexity index is 374. The van der Waals surface area contributed by atoms with Gasteiger partial charge in [0, 0.05) is 26.7 Å². The van der Waals surface area contributed by atoms with Gasteiger partial charge in [0.1, 0.15) is 11.6 Å². The number of anilines is 1. The van der Waals surface area contributed by atoms with Crippen LogP contribution in [0.5, 0.6) is 0 Å². The molecule has 0 aliphatic carbocycles. The fourth-order valence-electron chi connectivity index (χ4n) is 1.22.